The number of carbonyl (C=O) groups is 2. The van der Waals surface area contributed by atoms with Gasteiger partial charge in [-0.25, -0.2) is 4.98 Å². The smallest absolute Gasteiger partial charge is 0.273 e. The SMILES string of the molecule is CNC(=O)C1CCCN(c2nc3ncn(CC(=O)Nc4cc(OC)ccc4OC)c(=O)c3s2)C1. The van der Waals surface area contributed by atoms with E-state index in [1.807, 2.05) is 4.90 Å². The lowest BCUT2D eigenvalue weighted by atomic mass is 9.98. The molecule has 1 unspecified atom stereocenters. The van der Waals surface area contributed by atoms with Gasteiger partial charge in [0.1, 0.15) is 29.1 Å². The maximum atomic E-state index is 13.0. The summed E-state index contributed by atoms with van der Waals surface area (Å²) in [7, 11) is 4.66. The van der Waals surface area contributed by atoms with Crippen LogP contribution in [0.4, 0.5) is 10.8 Å². The number of nitrogens with zero attached hydrogens (tertiary/aromatic N) is 4. The van der Waals surface area contributed by atoms with Crippen molar-refractivity contribution >= 4 is 44.3 Å². The molecule has 1 aliphatic heterocycles. The molecule has 1 aromatic carbocycles. The van der Waals surface area contributed by atoms with Crippen LogP contribution in [0.1, 0.15) is 12.8 Å². The first-order valence-corrected chi connectivity index (χ1v) is 11.6. The fourth-order valence-corrected chi connectivity index (χ4v) is 4.91. The average Bonchev–Trinajstić information content (AvgIpc) is 3.30. The highest BCUT2D eigenvalue weighted by molar-refractivity contribution is 7.22. The summed E-state index contributed by atoms with van der Waals surface area (Å²) in [6.45, 7) is 1.07. The minimum Gasteiger partial charge on any atom is -0.497 e. The molecule has 0 saturated carbocycles. The van der Waals surface area contributed by atoms with Gasteiger partial charge in [0.15, 0.2) is 10.8 Å². The number of amides is 2. The molecule has 1 fully saturated rings. The van der Waals surface area contributed by atoms with Crippen LogP contribution in [0.2, 0.25) is 0 Å². The predicted octanol–water partition coefficient (Wildman–Crippen LogP) is 1.47. The zero-order valence-corrected chi connectivity index (χ0v) is 20.0. The quantitative estimate of drug-likeness (QED) is 0.514. The van der Waals surface area contributed by atoms with E-state index in [0.29, 0.717) is 39.2 Å². The highest BCUT2D eigenvalue weighted by Gasteiger charge is 2.27. The third-order valence-corrected chi connectivity index (χ3v) is 6.77. The summed E-state index contributed by atoms with van der Waals surface area (Å²) in [5, 5.41) is 6.10. The number of methoxy groups -OCH3 is 2. The lowest BCUT2D eigenvalue weighted by molar-refractivity contribution is -0.124. The van der Waals surface area contributed by atoms with Crippen molar-refractivity contribution in [3.63, 3.8) is 0 Å². The van der Waals surface area contributed by atoms with Gasteiger partial charge in [0.2, 0.25) is 11.8 Å². The Morgan fingerprint density at radius 3 is 2.82 bits per heavy atom. The first-order valence-electron chi connectivity index (χ1n) is 10.8. The number of aromatic nitrogens is 3. The second-order valence-electron chi connectivity index (χ2n) is 7.84. The number of hydrogen-bond acceptors (Lipinski definition) is 9. The molecule has 0 aliphatic carbocycles. The molecule has 3 aromatic rings. The van der Waals surface area contributed by atoms with Crippen molar-refractivity contribution in [3.8, 4) is 11.5 Å². The van der Waals surface area contributed by atoms with Gasteiger partial charge in [-0.05, 0) is 25.0 Å². The van der Waals surface area contributed by atoms with Crippen molar-refractivity contribution < 1.29 is 19.1 Å². The van der Waals surface area contributed by atoms with Crippen LogP contribution in [0.3, 0.4) is 0 Å². The second-order valence-corrected chi connectivity index (χ2v) is 8.82. The normalized spacial score (nSPS) is 15.7. The highest BCUT2D eigenvalue weighted by atomic mass is 32.1. The molecular weight excluding hydrogens is 460 g/mol. The van der Waals surface area contributed by atoms with E-state index in [-0.39, 0.29) is 23.9 Å². The van der Waals surface area contributed by atoms with Gasteiger partial charge in [-0.1, -0.05) is 11.3 Å². The molecule has 0 bridgehead atoms. The Morgan fingerprint density at radius 1 is 1.26 bits per heavy atom. The molecule has 1 atom stereocenters. The number of ether oxygens (including phenoxy) is 2. The van der Waals surface area contributed by atoms with Crippen LogP contribution >= 0.6 is 11.3 Å². The molecule has 1 saturated heterocycles. The zero-order chi connectivity index (χ0) is 24.2. The van der Waals surface area contributed by atoms with E-state index < -0.39 is 5.91 Å². The molecule has 2 amide bonds. The van der Waals surface area contributed by atoms with Crippen LogP contribution in [0.15, 0.2) is 29.3 Å². The van der Waals surface area contributed by atoms with Crippen LogP contribution < -0.4 is 30.6 Å². The molecule has 180 valence electrons. The largest absolute Gasteiger partial charge is 0.497 e. The van der Waals surface area contributed by atoms with Gasteiger partial charge in [-0.2, -0.15) is 4.98 Å². The third-order valence-electron chi connectivity index (χ3n) is 5.68. The van der Waals surface area contributed by atoms with Gasteiger partial charge in [0.25, 0.3) is 5.56 Å². The molecule has 12 heteroatoms. The van der Waals surface area contributed by atoms with Gasteiger partial charge >= 0.3 is 0 Å². The summed E-state index contributed by atoms with van der Waals surface area (Å²) < 4.78 is 12.1. The van der Waals surface area contributed by atoms with Gasteiger partial charge in [0, 0.05) is 26.2 Å². The van der Waals surface area contributed by atoms with Crippen molar-refractivity contribution in [3.05, 3.63) is 34.9 Å². The van der Waals surface area contributed by atoms with Crippen molar-refractivity contribution in [1.82, 2.24) is 19.9 Å². The van der Waals surface area contributed by atoms with Crippen LogP contribution in [-0.4, -0.2) is 60.7 Å². The Hall–Kier alpha value is -3.67. The monoisotopic (exact) mass is 486 g/mol. The summed E-state index contributed by atoms with van der Waals surface area (Å²) in [4.78, 5) is 48.6. The molecular formula is C22H26N6O5S. The maximum Gasteiger partial charge on any atom is 0.273 e. The number of hydrogen-bond donors (Lipinski definition) is 2. The van der Waals surface area contributed by atoms with E-state index in [2.05, 4.69) is 20.6 Å². The van der Waals surface area contributed by atoms with Crippen molar-refractivity contribution in [2.45, 2.75) is 19.4 Å². The first-order chi connectivity index (χ1) is 16.4. The number of anilines is 2. The molecule has 1 aliphatic rings. The van der Waals surface area contributed by atoms with Gasteiger partial charge < -0.3 is 25.0 Å². The van der Waals surface area contributed by atoms with E-state index in [0.717, 1.165) is 19.4 Å². The standard InChI is InChI=1S/C22H26N6O5S/c1-23-20(30)13-5-4-8-27(10-13)22-26-19-18(34-22)21(31)28(12-24-19)11-17(29)25-15-9-14(32-2)6-7-16(15)33-3/h6-7,9,12-13H,4-5,8,10-11H2,1-3H3,(H,23,30)(H,25,29). The molecule has 2 N–H and O–H groups in total. The Kier molecular flexibility index (Phi) is 6.96. The second kappa shape index (κ2) is 10.1. The van der Waals surface area contributed by atoms with E-state index >= 15 is 0 Å². The summed E-state index contributed by atoms with van der Waals surface area (Å²) >= 11 is 1.23. The number of thiazole rings is 1. The van der Waals surface area contributed by atoms with Crippen LogP contribution in [-0.2, 0) is 16.1 Å². The van der Waals surface area contributed by atoms with E-state index in [1.165, 1.54) is 36.5 Å². The Balaban J connectivity index is 1.52. The molecule has 11 nitrogen and oxygen atoms in total. The molecule has 3 heterocycles. The first kappa shape index (κ1) is 23.5. The number of nitrogens with one attached hydrogen (secondary N) is 2. The minimum absolute atomic E-state index is 0.00460. The third kappa shape index (κ3) is 4.81. The number of piperidine rings is 1. The zero-order valence-electron chi connectivity index (χ0n) is 19.2. The van der Waals surface area contributed by atoms with E-state index in [4.69, 9.17) is 9.47 Å². The lowest BCUT2D eigenvalue weighted by Crippen LogP contribution is -2.42. The Morgan fingerprint density at radius 2 is 2.09 bits per heavy atom. The number of benzene rings is 1. The summed E-state index contributed by atoms with van der Waals surface area (Å²) in [6, 6.07) is 5.04. The summed E-state index contributed by atoms with van der Waals surface area (Å²) in [5.41, 5.74) is 0.421. The van der Waals surface area contributed by atoms with Crippen LogP contribution in [0.25, 0.3) is 10.3 Å². The van der Waals surface area contributed by atoms with Crippen molar-refractivity contribution in [1.29, 1.82) is 0 Å². The molecule has 0 radical (unpaired) electrons. The number of carbonyl (C=O) groups excluding carboxylic acids is 2. The molecule has 34 heavy (non-hydrogen) atoms. The van der Waals surface area contributed by atoms with Gasteiger partial charge in [-0.15, -0.1) is 0 Å². The number of fused-ring (bicyclic) bond motifs is 1. The summed E-state index contributed by atoms with van der Waals surface area (Å²) in [5.74, 6) is 0.505. The van der Waals surface area contributed by atoms with Gasteiger partial charge in [-0.3, -0.25) is 19.0 Å². The fourth-order valence-electron chi connectivity index (χ4n) is 3.91. The van der Waals surface area contributed by atoms with E-state index in [9.17, 15) is 14.4 Å². The fraction of sp³-hybridized carbons (Fsp3) is 0.409. The lowest BCUT2D eigenvalue weighted by Gasteiger charge is -2.31. The molecule has 4 rings (SSSR count). The highest BCUT2D eigenvalue weighted by Crippen LogP contribution is 2.30. The van der Waals surface area contributed by atoms with Crippen LogP contribution in [0.5, 0.6) is 11.5 Å². The molecule has 0 spiro atoms. The van der Waals surface area contributed by atoms with Gasteiger partial charge in [0.05, 0.1) is 25.8 Å². The predicted molar refractivity (Wildman–Crippen MR) is 129 cm³/mol. The van der Waals surface area contributed by atoms with E-state index in [1.54, 1.807) is 25.2 Å². The van der Waals surface area contributed by atoms with Crippen molar-refractivity contribution in [2.24, 2.45) is 5.92 Å². The summed E-state index contributed by atoms with van der Waals surface area (Å²) in [6.07, 6.45) is 3.00. The van der Waals surface area contributed by atoms with Crippen molar-refractivity contribution in [2.75, 3.05) is 44.6 Å². The van der Waals surface area contributed by atoms with Crippen LogP contribution in [0, 0.1) is 5.92 Å². The Bertz CT molecular complexity index is 1270. The minimum atomic E-state index is -0.413. The topological polar surface area (TPSA) is 128 Å². The Labute approximate surface area is 199 Å². The molecule has 2 aromatic heterocycles. The number of rotatable bonds is 7. The average molecular weight is 487 g/mol. The maximum absolute atomic E-state index is 13.0.